The number of anilines is 1. The zero-order valence-corrected chi connectivity index (χ0v) is 18.9. The molecule has 2 aliphatic rings. The smallest absolute Gasteiger partial charge is 0.253 e. The monoisotopic (exact) mass is 420 g/mol. The number of nitrogens with zero attached hydrogens (tertiary/aromatic N) is 3. The first-order chi connectivity index (χ1) is 14.8. The molecule has 1 saturated heterocycles. The Labute approximate surface area is 184 Å². The van der Waals surface area contributed by atoms with Crippen LogP contribution in [0.2, 0.25) is 0 Å². The topological polar surface area (TPSA) is 65.5 Å². The number of benzene rings is 1. The highest BCUT2D eigenvalue weighted by Gasteiger charge is 2.38. The fourth-order valence-corrected chi connectivity index (χ4v) is 5.14. The zero-order chi connectivity index (χ0) is 22.2. The van der Waals surface area contributed by atoms with E-state index in [0.717, 1.165) is 37.9 Å². The predicted octanol–water partition coefficient (Wildman–Crippen LogP) is 3.68. The van der Waals surface area contributed by atoms with Crippen molar-refractivity contribution in [2.24, 2.45) is 0 Å². The Bertz CT molecular complexity index is 965. The normalized spacial score (nSPS) is 20.3. The fraction of sp³-hybridized carbons (Fsp3) is 0.480. The van der Waals surface area contributed by atoms with Gasteiger partial charge in [-0.2, -0.15) is 0 Å². The summed E-state index contributed by atoms with van der Waals surface area (Å²) in [6.45, 7) is 7.78. The van der Waals surface area contributed by atoms with Crippen LogP contribution in [-0.4, -0.2) is 47.9 Å². The number of hydrogen-bond acceptors (Lipinski definition) is 4. The Morgan fingerprint density at radius 1 is 1.13 bits per heavy atom. The SMILES string of the molecule is CC(=O)NC1CC(C)(C)c2ccc(C(=O)N(C)C3CCN(c4ccncc4)CC3)cc21. The van der Waals surface area contributed by atoms with Crippen LogP contribution in [-0.2, 0) is 10.2 Å². The Morgan fingerprint density at radius 3 is 2.45 bits per heavy atom. The molecule has 31 heavy (non-hydrogen) atoms. The summed E-state index contributed by atoms with van der Waals surface area (Å²) in [5, 5.41) is 3.06. The number of carbonyl (C=O) groups excluding carboxylic acids is 2. The summed E-state index contributed by atoms with van der Waals surface area (Å²) in [7, 11) is 1.91. The quantitative estimate of drug-likeness (QED) is 0.819. The summed E-state index contributed by atoms with van der Waals surface area (Å²) in [6, 6.07) is 10.3. The lowest BCUT2D eigenvalue weighted by atomic mass is 9.86. The van der Waals surface area contributed by atoms with Gasteiger partial charge in [0.2, 0.25) is 5.91 Å². The summed E-state index contributed by atoms with van der Waals surface area (Å²) in [5.74, 6) is 0.0138. The lowest BCUT2D eigenvalue weighted by molar-refractivity contribution is -0.119. The number of fused-ring (bicyclic) bond motifs is 1. The van der Waals surface area contributed by atoms with Crippen molar-refractivity contribution in [3.05, 3.63) is 59.4 Å². The number of piperidine rings is 1. The van der Waals surface area contributed by atoms with E-state index in [-0.39, 0.29) is 29.3 Å². The van der Waals surface area contributed by atoms with Crippen molar-refractivity contribution in [2.75, 3.05) is 25.0 Å². The molecule has 2 aromatic rings. The van der Waals surface area contributed by atoms with Gasteiger partial charge in [-0.1, -0.05) is 19.9 Å². The van der Waals surface area contributed by atoms with Crippen LogP contribution in [0.25, 0.3) is 0 Å². The molecule has 4 rings (SSSR count). The second-order valence-electron chi connectivity index (χ2n) is 9.48. The van der Waals surface area contributed by atoms with E-state index in [1.807, 2.05) is 48.6 Å². The van der Waals surface area contributed by atoms with Crippen LogP contribution >= 0.6 is 0 Å². The Balaban J connectivity index is 1.47. The van der Waals surface area contributed by atoms with Crippen molar-refractivity contribution < 1.29 is 9.59 Å². The molecule has 0 saturated carbocycles. The molecular weight excluding hydrogens is 388 g/mol. The molecule has 0 bridgehead atoms. The van der Waals surface area contributed by atoms with Crippen LogP contribution in [0.4, 0.5) is 5.69 Å². The van der Waals surface area contributed by atoms with Crippen LogP contribution < -0.4 is 10.2 Å². The summed E-state index contributed by atoms with van der Waals surface area (Å²) < 4.78 is 0. The standard InChI is InChI=1S/C25H32N4O2/c1-17(30)27-23-16-25(2,3)22-6-5-18(15-21(22)23)24(31)28(4)19-9-13-29(14-10-19)20-7-11-26-12-8-20/h5-8,11-12,15,19,23H,9-10,13-14,16H2,1-4H3,(H,27,30). The molecule has 0 spiro atoms. The molecule has 0 radical (unpaired) electrons. The van der Waals surface area contributed by atoms with Crippen molar-refractivity contribution in [2.45, 2.75) is 57.5 Å². The first kappa shape index (κ1) is 21.3. The largest absolute Gasteiger partial charge is 0.371 e. The van der Waals surface area contributed by atoms with E-state index in [1.165, 1.54) is 11.3 Å². The van der Waals surface area contributed by atoms with E-state index in [9.17, 15) is 9.59 Å². The minimum Gasteiger partial charge on any atom is -0.371 e. The van der Waals surface area contributed by atoms with Crippen LogP contribution in [0, 0.1) is 0 Å². The lowest BCUT2D eigenvalue weighted by Gasteiger charge is -2.38. The van der Waals surface area contributed by atoms with Gasteiger partial charge in [-0.05, 0) is 60.1 Å². The zero-order valence-electron chi connectivity index (χ0n) is 18.9. The Kier molecular flexibility index (Phi) is 5.73. The maximum Gasteiger partial charge on any atom is 0.253 e. The molecule has 6 nitrogen and oxygen atoms in total. The summed E-state index contributed by atoms with van der Waals surface area (Å²) in [5.41, 5.74) is 4.16. The molecule has 1 aliphatic carbocycles. The van der Waals surface area contributed by atoms with Crippen molar-refractivity contribution >= 4 is 17.5 Å². The van der Waals surface area contributed by atoms with Gasteiger partial charge in [0.25, 0.3) is 5.91 Å². The molecule has 164 valence electrons. The van der Waals surface area contributed by atoms with E-state index in [1.54, 1.807) is 6.92 Å². The highest BCUT2D eigenvalue weighted by atomic mass is 16.2. The summed E-state index contributed by atoms with van der Waals surface area (Å²) >= 11 is 0. The molecule has 1 fully saturated rings. The third-order valence-electron chi connectivity index (χ3n) is 6.86. The number of amides is 2. The third-order valence-corrected chi connectivity index (χ3v) is 6.86. The van der Waals surface area contributed by atoms with Crippen LogP contribution in [0.5, 0.6) is 0 Å². The highest BCUT2D eigenvalue weighted by Crippen LogP contribution is 2.44. The number of carbonyl (C=O) groups is 2. The third kappa shape index (κ3) is 4.29. The lowest BCUT2D eigenvalue weighted by Crippen LogP contribution is -2.45. The Morgan fingerprint density at radius 2 is 1.81 bits per heavy atom. The minimum atomic E-state index is -0.0385. The highest BCUT2D eigenvalue weighted by molar-refractivity contribution is 5.94. The average molecular weight is 421 g/mol. The van der Waals surface area contributed by atoms with E-state index < -0.39 is 0 Å². The number of rotatable bonds is 4. The first-order valence-electron chi connectivity index (χ1n) is 11.1. The van der Waals surface area contributed by atoms with Crippen molar-refractivity contribution in [3.63, 3.8) is 0 Å². The number of aromatic nitrogens is 1. The second kappa shape index (κ2) is 8.33. The predicted molar refractivity (Wildman–Crippen MR) is 122 cm³/mol. The van der Waals surface area contributed by atoms with E-state index in [4.69, 9.17) is 0 Å². The molecule has 1 aliphatic heterocycles. The van der Waals surface area contributed by atoms with Gasteiger partial charge >= 0.3 is 0 Å². The summed E-state index contributed by atoms with van der Waals surface area (Å²) in [6.07, 6.45) is 6.37. The van der Waals surface area contributed by atoms with Gasteiger partial charge in [-0.25, -0.2) is 0 Å². The van der Waals surface area contributed by atoms with E-state index in [0.29, 0.717) is 5.56 Å². The molecule has 1 aromatic carbocycles. The molecule has 6 heteroatoms. The number of pyridine rings is 1. The fourth-order valence-electron chi connectivity index (χ4n) is 5.14. The van der Waals surface area contributed by atoms with Gasteiger partial charge in [0.15, 0.2) is 0 Å². The van der Waals surface area contributed by atoms with Gasteiger partial charge in [0.05, 0.1) is 6.04 Å². The summed E-state index contributed by atoms with van der Waals surface area (Å²) in [4.78, 5) is 33.3. The van der Waals surface area contributed by atoms with Gasteiger partial charge in [-0.3, -0.25) is 14.6 Å². The number of hydrogen-bond donors (Lipinski definition) is 1. The van der Waals surface area contributed by atoms with Gasteiger partial charge in [0.1, 0.15) is 0 Å². The first-order valence-corrected chi connectivity index (χ1v) is 11.1. The molecular formula is C25H32N4O2. The molecule has 1 atom stereocenters. The maximum atomic E-state index is 13.3. The molecule has 2 heterocycles. The van der Waals surface area contributed by atoms with Crippen LogP contribution in [0.15, 0.2) is 42.7 Å². The number of nitrogens with one attached hydrogen (secondary N) is 1. The molecule has 1 N–H and O–H groups in total. The minimum absolute atomic E-state index is 0.0181. The van der Waals surface area contributed by atoms with Crippen LogP contribution in [0.1, 0.15) is 67.6 Å². The van der Waals surface area contributed by atoms with Crippen LogP contribution in [0.3, 0.4) is 0 Å². The van der Waals surface area contributed by atoms with Crippen molar-refractivity contribution in [1.29, 1.82) is 0 Å². The Hall–Kier alpha value is -2.89. The molecule has 1 unspecified atom stereocenters. The second-order valence-corrected chi connectivity index (χ2v) is 9.48. The molecule has 1 aromatic heterocycles. The molecule has 2 amide bonds. The maximum absolute atomic E-state index is 13.3. The average Bonchev–Trinajstić information content (AvgIpc) is 3.02. The van der Waals surface area contributed by atoms with Gasteiger partial charge in [0, 0.05) is 56.7 Å². The van der Waals surface area contributed by atoms with Gasteiger partial charge < -0.3 is 15.1 Å². The van der Waals surface area contributed by atoms with Gasteiger partial charge in [-0.15, -0.1) is 0 Å². The van der Waals surface area contributed by atoms with Crippen molar-refractivity contribution in [3.8, 4) is 0 Å². The van der Waals surface area contributed by atoms with E-state index in [2.05, 4.69) is 35.1 Å². The van der Waals surface area contributed by atoms with E-state index >= 15 is 0 Å². The van der Waals surface area contributed by atoms with Crippen molar-refractivity contribution in [1.82, 2.24) is 15.2 Å².